The Kier molecular flexibility index (Phi) is 3.80. The number of carbonyl (C=O) groups excluding carboxylic acids is 1. The third-order valence-electron chi connectivity index (χ3n) is 3.18. The Morgan fingerprint density at radius 3 is 2.68 bits per heavy atom. The van der Waals surface area contributed by atoms with Crippen LogP contribution in [0.4, 0.5) is 18.9 Å². The highest BCUT2D eigenvalue weighted by molar-refractivity contribution is 6.02. The molecule has 2 N–H and O–H groups in total. The van der Waals surface area contributed by atoms with E-state index in [0.29, 0.717) is 13.0 Å². The zero-order chi connectivity index (χ0) is 14.0. The summed E-state index contributed by atoms with van der Waals surface area (Å²) in [4.78, 5) is 12.2. The van der Waals surface area contributed by atoms with Crippen molar-refractivity contribution in [2.45, 2.75) is 19.0 Å². The van der Waals surface area contributed by atoms with Crippen LogP contribution in [0.15, 0.2) is 18.2 Å². The van der Waals surface area contributed by atoms with Gasteiger partial charge in [0.1, 0.15) is 0 Å². The Morgan fingerprint density at radius 1 is 1.37 bits per heavy atom. The highest BCUT2D eigenvalue weighted by Gasteiger charge is 2.32. The monoisotopic (exact) mass is 273 g/mol. The molecule has 0 aliphatic carbocycles. The number of carbonyl (C=O) groups is 1. The summed E-state index contributed by atoms with van der Waals surface area (Å²) in [6, 6.07) is 2.83. The third-order valence-corrected chi connectivity index (χ3v) is 3.18. The van der Waals surface area contributed by atoms with Gasteiger partial charge in [-0.3, -0.25) is 4.79 Å². The van der Waals surface area contributed by atoms with Gasteiger partial charge in [0.25, 0.3) is 0 Å². The maximum absolute atomic E-state index is 12.6. The smallest absolute Gasteiger partial charge is 0.398 e. The third kappa shape index (κ3) is 3.07. The van der Waals surface area contributed by atoms with Crippen LogP contribution in [-0.2, 0) is 10.9 Å². The number of hydrogen-bond donors (Lipinski definition) is 1. The van der Waals surface area contributed by atoms with Crippen LogP contribution in [0.5, 0.6) is 0 Å². The largest absolute Gasteiger partial charge is 0.416 e. The Balaban J connectivity index is 2.30. The molecule has 1 aromatic carbocycles. The minimum Gasteiger partial charge on any atom is -0.398 e. The number of Topliss-reactive ketones (excluding diaryl/α,β-unsaturated/α-hetero) is 1. The number of alkyl halides is 3. The molecule has 1 fully saturated rings. The maximum atomic E-state index is 12.6. The van der Waals surface area contributed by atoms with Crippen molar-refractivity contribution in [3.05, 3.63) is 29.3 Å². The number of nitrogens with two attached hydrogens (primary N) is 1. The molecule has 1 saturated heterocycles. The second kappa shape index (κ2) is 5.21. The van der Waals surface area contributed by atoms with Crippen molar-refractivity contribution < 1.29 is 22.7 Å². The van der Waals surface area contributed by atoms with E-state index < -0.39 is 17.7 Å². The van der Waals surface area contributed by atoms with E-state index in [0.717, 1.165) is 24.6 Å². The molecule has 1 atom stereocenters. The van der Waals surface area contributed by atoms with Gasteiger partial charge >= 0.3 is 6.18 Å². The molecular formula is C13H14F3NO2. The molecule has 19 heavy (non-hydrogen) atoms. The number of hydrogen-bond acceptors (Lipinski definition) is 3. The predicted molar refractivity (Wildman–Crippen MR) is 63.7 cm³/mol. The lowest BCUT2D eigenvalue weighted by atomic mass is 9.91. The molecule has 1 aromatic rings. The van der Waals surface area contributed by atoms with E-state index in [1.54, 1.807) is 0 Å². The van der Waals surface area contributed by atoms with Crippen LogP contribution in [0.2, 0.25) is 0 Å². The average molecular weight is 273 g/mol. The van der Waals surface area contributed by atoms with Gasteiger partial charge in [0, 0.05) is 23.8 Å². The highest BCUT2D eigenvalue weighted by atomic mass is 19.4. The van der Waals surface area contributed by atoms with Gasteiger partial charge in [-0.25, -0.2) is 0 Å². The predicted octanol–water partition coefficient (Wildman–Crippen LogP) is 2.90. The fraction of sp³-hybridized carbons (Fsp3) is 0.462. The van der Waals surface area contributed by atoms with Crippen LogP contribution in [0.3, 0.4) is 0 Å². The average Bonchev–Trinajstić information content (AvgIpc) is 2.38. The summed E-state index contributed by atoms with van der Waals surface area (Å²) in [7, 11) is 0. The molecule has 1 aliphatic rings. The van der Waals surface area contributed by atoms with Gasteiger partial charge in [0.15, 0.2) is 5.78 Å². The summed E-state index contributed by atoms with van der Waals surface area (Å²) >= 11 is 0. The zero-order valence-electron chi connectivity index (χ0n) is 10.2. The first-order chi connectivity index (χ1) is 8.89. The van der Waals surface area contributed by atoms with Crippen LogP contribution in [0.25, 0.3) is 0 Å². The van der Waals surface area contributed by atoms with Crippen molar-refractivity contribution in [2.75, 3.05) is 18.9 Å². The second-order valence-corrected chi connectivity index (χ2v) is 4.58. The molecule has 1 unspecified atom stereocenters. The Morgan fingerprint density at radius 2 is 2.11 bits per heavy atom. The second-order valence-electron chi connectivity index (χ2n) is 4.58. The van der Waals surface area contributed by atoms with Crippen LogP contribution in [0, 0.1) is 5.92 Å². The number of rotatable bonds is 2. The van der Waals surface area contributed by atoms with Crippen LogP contribution >= 0.6 is 0 Å². The molecule has 3 nitrogen and oxygen atoms in total. The van der Waals surface area contributed by atoms with Gasteiger partial charge in [-0.05, 0) is 31.0 Å². The van der Waals surface area contributed by atoms with E-state index in [-0.39, 0.29) is 23.6 Å². The SMILES string of the molecule is Nc1ccc(C(F)(F)F)cc1C(=O)C1CCCOC1. The van der Waals surface area contributed by atoms with Crippen LogP contribution < -0.4 is 5.73 Å². The molecule has 0 radical (unpaired) electrons. The van der Waals surface area contributed by atoms with Crippen molar-refractivity contribution in [3.8, 4) is 0 Å². The van der Waals surface area contributed by atoms with E-state index >= 15 is 0 Å². The zero-order valence-corrected chi connectivity index (χ0v) is 10.2. The van der Waals surface area contributed by atoms with Crippen molar-refractivity contribution in [1.29, 1.82) is 0 Å². The lowest BCUT2D eigenvalue weighted by Gasteiger charge is -2.21. The van der Waals surface area contributed by atoms with E-state index in [4.69, 9.17) is 10.5 Å². The fourth-order valence-corrected chi connectivity index (χ4v) is 2.11. The number of halogens is 3. The Bertz CT molecular complexity index is 479. The van der Waals surface area contributed by atoms with Gasteiger partial charge < -0.3 is 10.5 Å². The highest BCUT2D eigenvalue weighted by Crippen LogP contribution is 2.32. The number of ketones is 1. The summed E-state index contributed by atoms with van der Waals surface area (Å²) in [5.74, 6) is -0.775. The lowest BCUT2D eigenvalue weighted by Crippen LogP contribution is -2.26. The number of ether oxygens (including phenoxy) is 1. The van der Waals surface area contributed by atoms with Gasteiger partial charge in [0.2, 0.25) is 0 Å². The van der Waals surface area contributed by atoms with Crippen LogP contribution in [-0.4, -0.2) is 19.0 Å². The molecule has 0 spiro atoms. The first-order valence-electron chi connectivity index (χ1n) is 5.98. The molecule has 0 aromatic heterocycles. The fourth-order valence-electron chi connectivity index (χ4n) is 2.11. The summed E-state index contributed by atoms with van der Waals surface area (Å²) in [6.45, 7) is 0.830. The summed E-state index contributed by atoms with van der Waals surface area (Å²) in [6.07, 6.45) is -3.13. The number of anilines is 1. The van der Waals surface area contributed by atoms with Gasteiger partial charge in [0.05, 0.1) is 12.2 Å². The summed E-state index contributed by atoms with van der Waals surface area (Å²) in [5, 5.41) is 0. The van der Waals surface area contributed by atoms with Gasteiger partial charge in [-0.2, -0.15) is 13.2 Å². The standard InChI is InChI=1S/C13H14F3NO2/c14-13(15,16)9-3-4-11(17)10(6-9)12(18)8-2-1-5-19-7-8/h3-4,6,8H,1-2,5,7,17H2. The van der Waals surface area contributed by atoms with E-state index in [9.17, 15) is 18.0 Å². The first-order valence-corrected chi connectivity index (χ1v) is 5.98. The maximum Gasteiger partial charge on any atom is 0.416 e. The molecule has 1 heterocycles. The summed E-state index contributed by atoms with van der Waals surface area (Å²) in [5.41, 5.74) is 4.76. The molecule has 104 valence electrons. The summed E-state index contributed by atoms with van der Waals surface area (Å²) < 4.78 is 43.1. The first kappa shape index (κ1) is 13.9. The number of nitrogen functional groups attached to an aromatic ring is 1. The normalized spacial score (nSPS) is 20.3. The van der Waals surface area contributed by atoms with E-state index in [2.05, 4.69) is 0 Å². The molecule has 1 aliphatic heterocycles. The molecule has 6 heteroatoms. The van der Waals surface area contributed by atoms with E-state index in [1.165, 1.54) is 0 Å². The molecular weight excluding hydrogens is 259 g/mol. The Hall–Kier alpha value is -1.56. The topological polar surface area (TPSA) is 52.3 Å². The van der Waals surface area contributed by atoms with Crippen molar-refractivity contribution in [2.24, 2.45) is 5.92 Å². The Labute approximate surface area is 108 Å². The van der Waals surface area contributed by atoms with Gasteiger partial charge in [-0.15, -0.1) is 0 Å². The van der Waals surface area contributed by atoms with Crippen molar-refractivity contribution >= 4 is 11.5 Å². The van der Waals surface area contributed by atoms with E-state index in [1.807, 2.05) is 0 Å². The molecule has 0 saturated carbocycles. The van der Waals surface area contributed by atoms with Crippen molar-refractivity contribution in [1.82, 2.24) is 0 Å². The minimum atomic E-state index is -4.48. The lowest BCUT2D eigenvalue weighted by molar-refractivity contribution is -0.137. The molecule has 0 amide bonds. The molecule has 2 rings (SSSR count). The van der Waals surface area contributed by atoms with Gasteiger partial charge in [-0.1, -0.05) is 0 Å². The number of benzene rings is 1. The van der Waals surface area contributed by atoms with Crippen molar-refractivity contribution in [3.63, 3.8) is 0 Å². The molecule has 0 bridgehead atoms. The van der Waals surface area contributed by atoms with Crippen LogP contribution in [0.1, 0.15) is 28.8 Å². The quantitative estimate of drug-likeness (QED) is 0.666. The minimum absolute atomic E-state index is 0.0645.